The fourth-order valence-corrected chi connectivity index (χ4v) is 0.568. The first-order valence-corrected chi connectivity index (χ1v) is 3.18. The molecule has 5 nitrogen and oxygen atoms in total. The third kappa shape index (κ3) is 2.94. The lowest BCUT2D eigenvalue weighted by Crippen LogP contribution is -2.43. The van der Waals surface area contributed by atoms with Crippen molar-refractivity contribution >= 4 is 6.29 Å². The Morgan fingerprint density at radius 3 is 1.82 bits per heavy atom. The molecule has 0 aliphatic heterocycles. The van der Waals surface area contributed by atoms with Crippen LogP contribution in [0.4, 0.5) is 0 Å². The van der Waals surface area contributed by atoms with Crippen molar-refractivity contribution in [2.75, 3.05) is 0 Å². The van der Waals surface area contributed by atoms with Crippen LogP contribution in [0.15, 0.2) is 0 Å². The summed E-state index contributed by atoms with van der Waals surface area (Å²) in [6.45, 7) is 1.24. The monoisotopic (exact) mass is 164 g/mol. The SMILES string of the molecule is CC(O)[C@@H](O)[C@H](O)[C@H](O)C=O. The Morgan fingerprint density at radius 1 is 1.09 bits per heavy atom. The Hall–Kier alpha value is -0.490. The lowest BCUT2D eigenvalue weighted by molar-refractivity contribution is -0.132. The predicted molar refractivity (Wildman–Crippen MR) is 35.8 cm³/mol. The number of aliphatic hydroxyl groups is 4. The molecule has 66 valence electrons. The quantitative estimate of drug-likeness (QED) is 0.349. The van der Waals surface area contributed by atoms with Gasteiger partial charge in [0, 0.05) is 0 Å². The Kier molecular flexibility index (Phi) is 4.20. The molecule has 0 bridgehead atoms. The van der Waals surface area contributed by atoms with Crippen LogP contribution in [0.2, 0.25) is 0 Å². The van der Waals surface area contributed by atoms with E-state index in [1.54, 1.807) is 0 Å². The summed E-state index contributed by atoms with van der Waals surface area (Å²) in [7, 11) is 0. The van der Waals surface area contributed by atoms with Crippen LogP contribution in [0.1, 0.15) is 6.92 Å². The van der Waals surface area contributed by atoms with E-state index in [-0.39, 0.29) is 6.29 Å². The second kappa shape index (κ2) is 4.40. The zero-order valence-corrected chi connectivity index (χ0v) is 6.08. The number of rotatable bonds is 4. The van der Waals surface area contributed by atoms with Crippen LogP contribution in [0.5, 0.6) is 0 Å². The van der Waals surface area contributed by atoms with Gasteiger partial charge in [-0.2, -0.15) is 0 Å². The summed E-state index contributed by atoms with van der Waals surface area (Å²) in [4.78, 5) is 9.87. The lowest BCUT2D eigenvalue weighted by Gasteiger charge is -2.21. The van der Waals surface area contributed by atoms with Crippen LogP contribution in [0, 0.1) is 0 Å². The van der Waals surface area contributed by atoms with E-state index < -0.39 is 24.4 Å². The second-order valence-electron chi connectivity index (χ2n) is 2.35. The first kappa shape index (κ1) is 10.5. The van der Waals surface area contributed by atoms with Crippen LogP contribution in [0.25, 0.3) is 0 Å². The molecule has 0 heterocycles. The van der Waals surface area contributed by atoms with E-state index in [9.17, 15) is 4.79 Å². The zero-order chi connectivity index (χ0) is 9.02. The highest BCUT2D eigenvalue weighted by atomic mass is 16.4. The molecule has 0 fully saturated rings. The number of hydrogen-bond acceptors (Lipinski definition) is 5. The maximum atomic E-state index is 9.87. The molecule has 0 aromatic heterocycles. The molecule has 0 aromatic carbocycles. The molecule has 0 amide bonds. The molecule has 0 aliphatic carbocycles. The van der Waals surface area contributed by atoms with Crippen molar-refractivity contribution in [2.24, 2.45) is 0 Å². The second-order valence-corrected chi connectivity index (χ2v) is 2.35. The van der Waals surface area contributed by atoms with Gasteiger partial charge in [0.15, 0.2) is 6.29 Å². The van der Waals surface area contributed by atoms with Gasteiger partial charge in [-0.1, -0.05) is 0 Å². The maximum absolute atomic E-state index is 9.87. The summed E-state index contributed by atoms with van der Waals surface area (Å²) in [6, 6.07) is 0. The Labute approximate surface area is 63.9 Å². The van der Waals surface area contributed by atoms with Gasteiger partial charge in [-0.15, -0.1) is 0 Å². The number of aldehydes is 1. The third-order valence-electron chi connectivity index (χ3n) is 1.33. The van der Waals surface area contributed by atoms with E-state index in [4.69, 9.17) is 20.4 Å². The van der Waals surface area contributed by atoms with E-state index in [0.29, 0.717) is 0 Å². The van der Waals surface area contributed by atoms with Gasteiger partial charge >= 0.3 is 0 Å². The third-order valence-corrected chi connectivity index (χ3v) is 1.33. The van der Waals surface area contributed by atoms with Crippen LogP contribution < -0.4 is 0 Å². The highest BCUT2D eigenvalue weighted by Gasteiger charge is 2.27. The highest BCUT2D eigenvalue weighted by Crippen LogP contribution is 2.02. The van der Waals surface area contributed by atoms with Crippen LogP contribution in [-0.2, 0) is 4.79 Å². The van der Waals surface area contributed by atoms with Crippen molar-refractivity contribution in [2.45, 2.75) is 31.3 Å². The van der Waals surface area contributed by atoms with Crippen molar-refractivity contribution in [3.05, 3.63) is 0 Å². The number of aliphatic hydroxyl groups excluding tert-OH is 4. The molecule has 0 radical (unpaired) electrons. The summed E-state index contributed by atoms with van der Waals surface area (Å²) < 4.78 is 0. The molecule has 4 atom stereocenters. The highest BCUT2D eigenvalue weighted by molar-refractivity contribution is 5.56. The lowest BCUT2D eigenvalue weighted by atomic mass is 10.1. The molecule has 1 unspecified atom stereocenters. The number of carbonyl (C=O) groups is 1. The largest absolute Gasteiger partial charge is 0.391 e. The molecule has 0 aliphatic rings. The summed E-state index contributed by atoms with van der Waals surface area (Å²) >= 11 is 0. The van der Waals surface area contributed by atoms with E-state index in [2.05, 4.69) is 0 Å². The molecular formula is C6H12O5. The van der Waals surface area contributed by atoms with Gasteiger partial charge in [0.1, 0.15) is 18.3 Å². The van der Waals surface area contributed by atoms with Gasteiger partial charge in [0.05, 0.1) is 6.10 Å². The molecule has 0 saturated heterocycles. The van der Waals surface area contributed by atoms with Crippen molar-refractivity contribution in [3.63, 3.8) is 0 Å². The maximum Gasteiger partial charge on any atom is 0.151 e. The normalized spacial score (nSPS) is 21.9. The van der Waals surface area contributed by atoms with E-state index in [0.717, 1.165) is 0 Å². The average molecular weight is 164 g/mol. The van der Waals surface area contributed by atoms with Crippen LogP contribution in [-0.4, -0.2) is 51.1 Å². The smallest absolute Gasteiger partial charge is 0.151 e. The molecule has 0 rings (SSSR count). The number of carbonyl (C=O) groups excluding carboxylic acids is 1. The summed E-state index contributed by atoms with van der Waals surface area (Å²) in [6.07, 6.45) is -5.88. The molecule has 0 spiro atoms. The van der Waals surface area contributed by atoms with Gasteiger partial charge < -0.3 is 25.2 Å². The Morgan fingerprint density at radius 2 is 1.55 bits per heavy atom. The zero-order valence-electron chi connectivity index (χ0n) is 6.08. The van der Waals surface area contributed by atoms with Gasteiger partial charge in [-0.25, -0.2) is 0 Å². The summed E-state index contributed by atoms with van der Waals surface area (Å²) in [5.41, 5.74) is 0. The number of hydrogen-bond donors (Lipinski definition) is 4. The van der Waals surface area contributed by atoms with Gasteiger partial charge in [-0.3, -0.25) is 0 Å². The van der Waals surface area contributed by atoms with E-state index in [1.165, 1.54) is 6.92 Å². The minimum atomic E-state index is -1.65. The molecule has 0 saturated carbocycles. The Bertz CT molecular complexity index is 124. The van der Waals surface area contributed by atoms with Crippen LogP contribution >= 0.6 is 0 Å². The predicted octanol–water partition coefficient (Wildman–Crippen LogP) is -2.35. The average Bonchev–Trinajstić information content (AvgIpc) is 2.00. The minimum Gasteiger partial charge on any atom is -0.391 e. The molecular weight excluding hydrogens is 152 g/mol. The topological polar surface area (TPSA) is 98.0 Å². The van der Waals surface area contributed by atoms with E-state index >= 15 is 0 Å². The van der Waals surface area contributed by atoms with Crippen molar-refractivity contribution in [3.8, 4) is 0 Å². The van der Waals surface area contributed by atoms with Gasteiger partial charge in [0.25, 0.3) is 0 Å². The standard InChI is InChI=1S/C6H12O5/c1-3(8)5(10)6(11)4(9)2-7/h2-6,8-11H,1H3/t3?,4-,5-,6-/m1/s1. The molecule has 4 N–H and O–H groups in total. The molecule has 5 heteroatoms. The first-order valence-electron chi connectivity index (χ1n) is 3.18. The van der Waals surface area contributed by atoms with E-state index in [1.807, 2.05) is 0 Å². The van der Waals surface area contributed by atoms with Crippen molar-refractivity contribution in [1.82, 2.24) is 0 Å². The van der Waals surface area contributed by atoms with Gasteiger partial charge in [0.2, 0.25) is 0 Å². The molecule has 11 heavy (non-hydrogen) atoms. The fraction of sp³-hybridized carbons (Fsp3) is 0.833. The van der Waals surface area contributed by atoms with Crippen molar-refractivity contribution < 1.29 is 25.2 Å². The first-order chi connectivity index (χ1) is 5.00. The van der Waals surface area contributed by atoms with Gasteiger partial charge in [-0.05, 0) is 6.92 Å². The fourth-order valence-electron chi connectivity index (χ4n) is 0.568. The Balaban J connectivity index is 4.00. The van der Waals surface area contributed by atoms with Crippen molar-refractivity contribution in [1.29, 1.82) is 0 Å². The summed E-state index contributed by atoms with van der Waals surface area (Å²) in [5, 5.41) is 35.1. The van der Waals surface area contributed by atoms with Crippen LogP contribution in [0.3, 0.4) is 0 Å². The molecule has 0 aromatic rings. The summed E-state index contributed by atoms with van der Waals surface area (Å²) in [5.74, 6) is 0. The minimum absolute atomic E-state index is 0.0935.